The molecule has 0 saturated carbocycles. The van der Waals surface area contributed by atoms with Crippen molar-refractivity contribution in [2.75, 3.05) is 5.32 Å². The summed E-state index contributed by atoms with van der Waals surface area (Å²) >= 11 is 5.94. The molecule has 0 bridgehead atoms. The molecular formula is C14H11ClN2O2. The molecule has 0 spiro atoms. The standard InChI is InChI=1S/C14H11ClN2O2/c15-13-6-16-4-3-12(13)14(18)17-11-2-1-9-7-19-8-10(9)5-11/h1-6H,7-8H2,(H,17,18). The predicted molar refractivity (Wildman–Crippen MR) is 72.1 cm³/mol. The molecule has 1 aliphatic heterocycles. The van der Waals surface area contributed by atoms with Crippen molar-refractivity contribution >= 4 is 23.2 Å². The Morgan fingerprint density at radius 2 is 2.11 bits per heavy atom. The first kappa shape index (κ1) is 12.1. The van der Waals surface area contributed by atoms with Gasteiger partial charge >= 0.3 is 0 Å². The smallest absolute Gasteiger partial charge is 0.257 e. The van der Waals surface area contributed by atoms with E-state index in [0.29, 0.717) is 23.8 Å². The lowest BCUT2D eigenvalue weighted by atomic mass is 10.1. The van der Waals surface area contributed by atoms with Crippen molar-refractivity contribution in [3.05, 3.63) is 58.4 Å². The van der Waals surface area contributed by atoms with Crippen LogP contribution >= 0.6 is 11.6 Å². The van der Waals surface area contributed by atoms with Crippen molar-refractivity contribution < 1.29 is 9.53 Å². The number of ether oxygens (including phenoxy) is 1. The summed E-state index contributed by atoms with van der Waals surface area (Å²) in [6.07, 6.45) is 2.99. The summed E-state index contributed by atoms with van der Waals surface area (Å²) in [7, 11) is 0. The summed E-state index contributed by atoms with van der Waals surface area (Å²) in [5, 5.41) is 3.16. The highest BCUT2D eigenvalue weighted by atomic mass is 35.5. The fourth-order valence-electron chi connectivity index (χ4n) is 2.01. The van der Waals surface area contributed by atoms with Crippen molar-refractivity contribution in [1.29, 1.82) is 0 Å². The quantitative estimate of drug-likeness (QED) is 0.916. The van der Waals surface area contributed by atoms with E-state index in [1.54, 1.807) is 6.07 Å². The third kappa shape index (κ3) is 2.45. The van der Waals surface area contributed by atoms with Gasteiger partial charge in [0.05, 0.1) is 23.8 Å². The van der Waals surface area contributed by atoms with Gasteiger partial charge in [0.25, 0.3) is 5.91 Å². The van der Waals surface area contributed by atoms with E-state index in [-0.39, 0.29) is 5.91 Å². The molecule has 0 saturated heterocycles. The first-order chi connectivity index (χ1) is 9.24. The average molecular weight is 275 g/mol. The Kier molecular flexibility index (Phi) is 3.19. The average Bonchev–Trinajstić information content (AvgIpc) is 2.86. The molecule has 0 unspecified atom stereocenters. The van der Waals surface area contributed by atoms with Crippen molar-refractivity contribution in [3.63, 3.8) is 0 Å². The van der Waals surface area contributed by atoms with Crippen LogP contribution in [0.1, 0.15) is 21.5 Å². The Bertz CT molecular complexity index is 643. The topological polar surface area (TPSA) is 51.2 Å². The highest BCUT2D eigenvalue weighted by Crippen LogP contribution is 2.24. The van der Waals surface area contributed by atoms with E-state index >= 15 is 0 Å². The Hall–Kier alpha value is -1.91. The number of carbonyl (C=O) groups excluding carboxylic acids is 1. The summed E-state index contributed by atoms with van der Waals surface area (Å²) in [6.45, 7) is 1.23. The zero-order valence-electron chi connectivity index (χ0n) is 10.0. The normalized spacial score (nSPS) is 13.1. The monoisotopic (exact) mass is 274 g/mol. The Morgan fingerprint density at radius 1 is 1.26 bits per heavy atom. The molecule has 1 amide bonds. The molecule has 0 fully saturated rings. The molecule has 1 aliphatic rings. The molecule has 0 aliphatic carbocycles. The maximum atomic E-state index is 12.1. The van der Waals surface area contributed by atoms with E-state index in [1.165, 1.54) is 18.0 Å². The largest absolute Gasteiger partial charge is 0.372 e. The van der Waals surface area contributed by atoms with Gasteiger partial charge in [-0.15, -0.1) is 0 Å². The van der Waals surface area contributed by atoms with Gasteiger partial charge in [0.2, 0.25) is 0 Å². The van der Waals surface area contributed by atoms with E-state index in [0.717, 1.165) is 11.3 Å². The maximum Gasteiger partial charge on any atom is 0.257 e. The van der Waals surface area contributed by atoms with Gasteiger partial charge in [-0.25, -0.2) is 0 Å². The van der Waals surface area contributed by atoms with Crippen LogP contribution in [0.3, 0.4) is 0 Å². The van der Waals surface area contributed by atoms with Crippen LogP contribution < -0.4 is 5.32 Å². The van der Waals surface area contributed by atoms with Crippen LogP contribution in [-0.2, 0) is 18.0 Å². The molecule has 2 heterocycles. The molecule has 3 rings (SSSR count). The molecule has 96 valence electrons. The molecular weight excluding hydrogens is 264 g/mol. The number of nitrogens with one attached hydrogen (secondary N) is 1. The van der Waals surface area contributed by atoms with Crippen LogP contribution in [0.5, 0.6) is 0 Å². The first-order valence-corrected chi connectivity index (χ1v) is 6.22. The molecule has 1 aromatic carbocycles. The minimum absolute atomic E-state index is 0.244. The number of hydrogen-bond donors (Lipinski definition) is 1. The van der Waals surface area contributed by atoms with Crippen LogP contribution in [0.4, 0.5) is 5.69 Å². The van der Waals surface area contributed by atoms with Crippen molar-refractivity contribution in [1.82, 2.24) is 4.98 Å². The second-order valence-electron chi connectivity index (χ2n) is 4.29. The second kappa shape index (κ2) is 4.99. The van der Waals surface area contributed by atoms with Gasteiger partial charge in [-0.05, 0) is 29.3 Å². The number of benzene rings is 1. The van der Waals surface area contributed by atoms with Crippen molar-refractivity contribution in [2.45, 2.75) is 13.2 Å². The Labute approximate surface area is 115 Å². The summed E-state index contributed by atoms with van der Waals surface area (Å²) in [4.78, 5) is 15.9. The number of rotatable bonds is 2. The van der Waals surface area contributed by atoms with Crippen LogP contribution in [-0.4, -0.2) is 10.9 Å². The summed E-state index contributed by atoms with van der Waals surface area (Å²) < 4.78 is 5.34. The lowest BCUT2D eigenvalue weighted by molar-refractivity contribution is 0.102. The van der Waals surface area contributed by atoms with E-state index in [4.69, 9.17) is 16.3 Å². The number of fused-ring (bicyclic) bond motifs is 1. The lowest BCUT2D eigenvalue weighted by Crippen LogP contribution is -2.12. The number of carbonyl (C=O) groups is 1. The van der Waals surface area contributed by atoms with E-state index < -0.39 is 0 Å². The Morgan fingerprint density at radius 3 is 2.95 bits per heavy atom. The highest BCUT2D eigenvalue weighted by molar-refractivity contribution is 6.34. The minimum Gasteiger partial charge on any atom is -0.372 e. The highest BCUT2D eigenvalue weighted by Gasteiger charge is 2.14. The van der Waals surface area contributed by atoms with Gasteiger partial charge in [0.15, 0.2) is 0 Å². The third-order valence-electron chi connectivity index (χ3n) is 3.00. The van der Waals surface area contributed by atoms with Crippen LogP contribution in [0.25, 0.3) is 0 Å². The number of hydrogen-bond acceptors (Lipinski definition) is 3. The number of pyridine rings is 1. The molecule has 0 atom stereocenters. The van der Waals surface area contributed by atoms with Crippen LogP contribution in [0, 0.1) is 0 Å². The zero-order chi connectivity index (χ0) is 13.2. The molecule has 4 nitrogen and oxygen atoms in total. The number of nitrogens with zero attached hydrogens (tertiary/aromatic N) is 1. The first-order valence-electron chi connectivity index (χ1n) is 5.84. The molecule has 5 heteroatoms. The molecule has 1 N–H and O–H groups in total. The molecule has 19 heavy (non-hydrogen) atoms. The van der Waals surface area contributed by atoms with Gasteiger partial charge < -0.3 is 10.1 Å². The van der Waals surface area contributed by atoms with Crippen molar-refractivity contribution in [2.24, 2.45) is 0 Å². The van der Waals surface area contributed by atoms with Gasteiger partial charge in [0.1, 0.15) is 0 Å². The lowest BCUT2D eigenvalue weighted by Gasteiger charge is -2.07. The van der Waals surface area contributed by atoms with E-state index in [9.17, 15) is 4.79 Å². The molecule has 1 aromatic heterocycles. The SMILES string of the molecule is O=C(Nc1ccc2c(c1)COC2)c1ccncc1Cl. The molecule has 2 aromatic rings. The number of anilines is 1. The maximum absolute atomic E-state index is 12.1. The number of amides is 1. The third-order valence-corrected chi connectivity index (χ3v) is 3.30. The van der Waals surface area contributed by atoms with Crippen LogP contribution in [0.15, 0.2) is 36.7 Å². The van der Waals surface area contributed by atoms with Crippen molar-refractivity contribution in [3.8, 4) is 0 Å². The summed E-state index contributed by atoms with van der Waals surface area (Å²) in [5.41, 5.74) is 3.43. The van der Waals surface area contributed by atoms with Gasteiger partial charge in [-0.1, -0.05) is 17.7 Å². The fourth-order valence-corrected chi connectivity index (χ4v) is 2.21. The van der Waals surface area contributed by atoms with Gasteiger partial charge in [-0.3, -0.25) is 9.78 Å². The summed E-state index contributed by atoms with van der Waals surface area (Å²) in [5.74, 6) is -0.244. The number of halogens is 1. The minimum atomic E-state index is -0.244. The fraction of sp³-hybridized carbons (Fsp3) is 0.143. The van der Waals surface area contributed by atoms with Gasteiger partial charge in [-0.2, -0.15) is 0 Å². The zero-order valence-corrected chi connectivity index (χ0v) is 10.8. The summed E-state index contributed by atoms with van der Waals surface area (Å²) in [6, 6.07) is 7.34. The van der Waals surface area contributed by atoms with Gasteiger partial charge in [0, 0.05) is 18.1 Å². The molecule has 0 radical (unpaired) electrons. The predicted octanol–water partition coefficient (Wildman–Crippen LogP) is 3.02. The Balaban J connectivity index is 1.82. The second-order valence-corrected chi connectivity index (χ2v) is 4.69. The number of aromatic nitrogens is 1. The van der Waals surface area contributed by atoms with Crippen LogP contribution in [0.2, 0.25) is 5.02 Å². The van der Waals surface area contributed by atoms with E-state index in [1.807, 2.05) is 18.2 Å². The van der Waals surface area contributed by atoms with E-state index in [2.05, 4.69) is 10.3 Å².